The lowest BCUT2D eigenvalue weighted by Gasteiger charge is -2.22. The minimum absolute atomic E-state index is 0.0118. The van der Waals surface area contributed by atoms with E-state index in [1.165, 1.54) is 0 Å². The van der Waals surface area contributed by atoms with Gasteiger partial charge in [-0.05, 0) is 35.8 Å². The van der Waals surface area contributed by atoms with Crippen LogP contribution in [0.15, 0.2) is 12.1 Å². The monoisotopic (exact) mass is 786 g/mol. The van der Waals surface area contributed by atoms with Gasteiger partial charge >= 0.3 is 23.9 Å². The van der Waals surface area contributed by atoms with E-state index in [4.69, 9.17) is 88.6 Å². The first-order valence-electron chi connectivity index (χ1n) is 15.8. The fourth-order valence-electron chi connectivity index (χ4n) is 5.34. The molecule has 2 aromatic rings. The van der Waals surface area contributed by atoms with Gasteiger partial charge in [0, 0.05) is 0 Å². The molecule has 0 bridgehead atoms. The number of carbonyl (C=O) groups is 4. The van der Waals surface area contributed by atoms with Crippen LogP contribution in [0.2, 0.25) is 30.1 Å². The van der Waals surface area contributed by atoms with Crippen LogP contribution in [0.4, 0.5) is 0 Å². The molecule has 0 saturated carbocycles. The maximum Gasteiger partial charge on any atom is 0.423 e. The fraction of sp³-hybridized carbons (Fsp3) is 0.529. The zero-order chi connectivity index (χ0) is 36.3. The van der Waals surface area contributed by atoms with Gasteiger partial charge in [0.05, 0.1) is 43.3 Å². The summed E-state index contributed by atoms with van der Waals surface area (Å²) in [5.41, 5.74) is -0.934. The fourth-order valence-corrected chi connectivity index (χ4v) is 6.78. The Bertz CT molecular complexity index is 1370. The maximum absolute atomic E-state index is 13.2. The van der Waals surface area contributed by atoms with Crippen molar-refractivity contribution in [1.82, 2.24) is 0 Å². The van der Waals surface area contributed by atoms with Crippen LogP contribution in [0.5, 0.6) is 11.5 Å². The molecule has 266 valence electrons. The minimum atomic E-state index is -1.65. The van der Waals surface area contributed by atoms with Crippen LogP contribution in [-0.2, 0) is 19.1 Å². The van der Waals surface area contributed by atoms with Crippen molar-refractivity contribution in [3.05, 3.63) is 53.4 Å². The molecule has 0 heterocycles. The number of ether oxygens (including phenoxy) is 4. The van der Waals surface area contributed by atoms with E-state index >= 15 is 0 Å². The molecule has 2 aromatic carbocycles. The normalized spacial score (nSPS) is 13.7. The van der Waals surface area contributed by atoms with Crippen molar-refractivity contribution in [2.75, 3.05) is 13.2 Å². The molecule has 0 saturated heterocycles. The highest BCUT2D eigenvalue weighted by Gasteiger charge is 2.33. The Kier molecular flexibility index (Phi) is 17.6. The Morgan fingerprint density at radius 2 is 0.917 bits per heavy atom. The molecule has 0 radical (unpaired) electrons. The molecule has 0 spiro atoms. The first-order chi connectivity index (χ1) is 22.6. The molecule has 2 rings (SSSR count). The van der Waals surface area contributed by atoms with Crippen molar-refractivity contribution in [3.63, 3.8) is 0 Å². The minimum Gasteiger partial charge on any atom is -0.462 e. The van der Waals surface area contributed by atoms with Crippen molar-refractivity contribution in [3.8, 4) is 11.5 Å². The first-order valence-corrected chi connectivity index (χ1v) is 18.0. The standard InChI is InChI=1S/C34H40Cl6O8/c1-7-11-19(9-3)17(5)15-45-31(41)25-27(39)21(35)13-23(37)29(25)47-33(43)34(44)48-30-24(38)14-22(36)28(40)26(30)32(42)46-16-18(6)20(10-4)12-8-2/h13-14,17-20H,7-12,15-16H2,1-6H3. The molecule has 4 unspecified atom stereocenters. The van der Waals surface area contributed by atoms with Crippen LogP contribution in [0, 0.1) is 23.7 Å². The molecule has 0 aliphatic carbocycles. The van der Waals surface area contributed by atoms with Crippen LogP contribution in [-0.4, -0.2) is 37.1 Å². The van der Waals surface area contributed by atoms with Crippen LogP contribution >= 0.6 is 69.6 Å². The average molecular weight is 789 g/mol. The molecule has 0 aliphatic heterocycles. The largest absolute Gasteiger partial charge is 0.462 e. The molecule has 0 N–H and O–H groups in total. The topological polar surface area (TPSA) is 105 Å². The number of hydrogen-bond acceptors (Lipinski definition) is 8. The summed E-state index contributed by atoms with van der Waals surface area (Å²) in [4.78, 5) is 52.5. The Balaban J connectivity index is 2.35. The van der Waals surface area contributed by atoms with Crippen molar-refractivity contribution >= 4 is 93.5 Å². The van der Waals surface area contributed by atoms with Gasteiger partial charge in [-0.1, -0.05) is 150 Å². The Labute approximate surface area is 311 Å². The Morgan fingerprint density at radius 1 is 0.583 bits per heavy atom. The number of halogens is 6. The zero-order valence-electron chi connectivity index (χ0n) is 27.7. The molecular weight excluding hydrogens is 749 g/mol. The van der Waals surface area contributed by atoms with E-state index in [0.717, 1.165) is 50.7 Å². The highest BCUT2D eigenvalue weighted by Crippen LogP contribution is 2.42. The summed E-state index contributed by atoms with van der Waals surface area (Å²) in [6, 6.07) is 2.25. The van der Waals surface area contributed by atoms with Crippen molar-refractivity contribution in [2.24, 2.45) is 23.7 Å². The highest BCUT2D eigenvalue weighted by atomic mass is 35.5. The molecule has 14 heteroatoms. The zero-order valence-corrected chi connectivity index (χ0v) is 32.2. The van der Waals surface area contributed by atoms with Gasteiger partial charge in [-0.3, -0.25) is 0 Å². The predicted molar refractivity (Wildman–Crippen MR) is 190 cm³/mol. The summed E-state index contributed by atoms with van der Waals surface area (Å²) in [5.74, 6) is -5.78. The van der Waals surface area contributed by atoms with Gasteiger partial charge in [0.2, 0.25) is 0 Å². The summed E-state index contributed by atoms with van der Waals surface area (Å²) in [5, 5.41) is -1.51. The van der Waals surface area contributed by atoms with Crippen molar-refractivity contribution in [2.45, 2.75) is 80.1 Å². The van der Waals surface area contributed by atoms with Crippen LogP contribution in [0.3, 0.4) is 0 Å². The van der Waals surface area contributed by atoms with E-state index in [0.29, 0.717) is 11.8 Å². The molecule has 4 atom stereocenters. The number of carbonyl (C=O) groups excluding carboxylic acids is 4. The van der Waals surface area contributed by atoms with E-state index in [2.05, 4.69) is 27.7 Å². The SMILES string of the molecule is CCCC(CC)C(C)COC(=O)c1c(Cl)c(Cl)cc(Cl)c1OC(=O)C(=O)Oc1c(Cl)cc(Cl)c(Cl)c1C(=O)OCC(C)C(CC)CCC. The summed E-state index contributed by atoms with van der Waals surface area (Å²) >= 11 is 37.5. The molecule has 0 fully saturated rings. The number of rotatable bonds is 16. The lowest BCUT2D eigenvalue weighted by atomic mass is 9.88. The van der Waals surface area contributed by atoms with Gasteiger partial charge in [-0.2, -0.15) is 0 Å². The van der Waals surface area contributed by atoms with Crippen molar-refractivity contribution < 1.29 is 38.1 Å². The second-order valence-corrected chi connectivity index (χ2v) is 13.9. The van der Waals surface area contributed by atoms with E-state index in [1.54, 1.807) is 0 Å². The smallest absolute Gasteiger partial charge is 0.423 e. The third kappa shape index (κ3) is 11.0. The van der Waals surface area contributed by atoms with Gasteiger partial charge < -0.3 is 18.9 Å². The van der Waals surface area contributed by atoms with E-state index in [9.17, 15) is 19.2 Å². The van der Waals surface area contributed by atoms with Crippen LogP contribution in [0.25, 0.3) is 0 Å². The van der Waals surface area contributed by atoms with Crippen LogP contribution in [0.1, 0.15) is 101 Å². The second-order valence-electron chi connectivity index (χ2n) is 11.6. The quantitative estimate of drug-likeness (QED) is 0.0716. The Morgan fingerprint density at radius 3 is 1.21 bits per heavy atom. The van der Waals surface area contributed by atoms with Gasteiger partial charge in [0.15, 0.2) is 11.5 Å². The highest BCUT2D eigenvalue weighted by molar-refractivity contribution is 6.47. The van der Waals surface area contributed by atoms with Crippen LogP contribution < -0.4 is 9.47 Å². The third-order valence-corrected chi connectivity index (χ3v) is 10.3. The summed E-state index contributed by atoms with van der Waals surface area (Å²) in [7, 11) is 0. The van der Waals surface area contributed by atoms with E-state index in [-0.39, 0.29) is 55.2 Å². The summed E-state index contributed by atoms with van der Waals surface area (Å²) < 4.78 is 21.4. The summed E-state index contributed by atoms with van der Waals surface area (Å²) in [6.45, 7) is 12.2. The molecule has 0 aliphatic rings. The first kappa shape index (κ1) is 42.2. The maximum atomic E-state index is 13.2. The molecular formula is C34H40Cl6O8. The predicted octanol–water partition coefficient (Wildman–Crippen LogP) is 11.4. The number of esters is 4. The van der Waals surface area contributed by atoms with Gasteiger partial charge in [-0.15, -0.1) is 0 Å². The molecule has 8 nitrogen and oxygen atoms in total. The van der Waals surface area contributed by atoms with E-state index in [1.807, 2.05) is 13.8 Å². The van der Waals surface area contributed by atoms with Gasteiger partial charge in [-0.25, -0.2) is 19.2 Å². The van der Waals surface area contributed by atoms with Gasteiger partial charge in [0.1, 0.15) is 11.1 Å². The summed E-state index contributed by atoms with van der Waals surface area (Å²) in [6.07, 6.45) is 5.61. The molecule has 48 heavy (non-hydrogen) atoms. The van der Waals surface area contributed by atoms with Gasteiger partial charge in [0.25, 0.3) is 0 Å². The Hall–Kier alpha value is -1.94. The van der Waals surface area contributed by atoms with Crippen molar-refractivity contribution in [1.29, 1.82) is 0 Å². The number of hydrogen-bond donors (Lipinski definition) is 0. The third-order valence-electron chi connectivity index (χ3n) is 8.15. The molecule has 0 amide bonds. The molecule has 0 aromatic heterocycles. The lowest BCUT2D eigenvalue weighted by molar-refractivity contribution is -0.156. The van der Waals surface area contributed by atoms with E-state index < -0.39 is 46.5 Å². The second kappa shape index (κ2) is 20.0. The average Bonchev–Trinajstić information content (AvgIpc) is 3.04. The lowest BCUT2D eigenvalue weighted by Crippen LogP contribution is -2.28. The number of benzene rings is 2.